The Morgan fingerprint density at radius 3 is 2.91 bits per heavy atom. The second kappa shape index (κ2) is 4.40. The summed E-state index contributed by atoms with van der Waals surface area (Å²) in [6.45, 7) is 0.769. The summed E-state index contributed by atoms with van der Waals surface area (Å²) < 4.78 is 0. The third-order valence-corrected chi connectivity index (χ3v) is 1.89. The summed E-state index contributed by atoms with van der Waals surface area (Å²) in [6.07, 6.45) is 3.77. The Hall–Kier alpha value is -0.490. The number of hydrogen-bond donors (Lipinski definition) is 1. The molecule has 1 aliphatic rings. The second-order valence-corrected chi connectivity index (χ2v) is 3.10. The second-order valence-electron chi connectivity index (χ2n) is 2.71. The summed E-state index contributed by atoms with van der Waals surface area (Å²) in [5, 5.41) is 2.71. The van der Waals surface area contributed by atoms with Gasteiger partial charge in [0.15, 0.2) is 0 Å². The molecule has 0 atom stereocenters. The van der Waals surface area contributed by atoms with Gasteiger partial charge in [-0.05, 0) is 17.2 Å². The Balaban J connectivity index is 1.99. The molecule has 60 valence electrons. The molecule has 1 amide bonds. The van der Waals surface area contributed by atoms with E-state index in [1.165, 1.54) is 12.8 Å². The van der Waals surface area contributed by atoms with Crippen LogP contribution in [0.2, 0.25) is 0 Å². The first-order valence-corrected chi connectivity index (χ1v) is 4.51. The Morgan fingerprint density at radius 2 is 2.36 bits per heavy atom. The van der Waals surface area contributed by atoms with Crippen molar-refractivity contribution in [2.75, 3.05) is 6.54 Å². The van der Waals surface area contributed by atoms with E-state index < -0.39 is 0 Å². The van der Waals surface area contributed by atoms with Crippen molar-refractivity contribution in [1.82, 2.24) is 5.32 Å². The van der Waals surface area contributed by atoms with Crippen LogP contribution in [-0.4, -0.2) is 12.5 Å². The van der Waals surface area contributed by atoms with Crippen LogP contribution in [0, 0.1) is 16.7 Å². The Kier molecular flexibility index (Phi) is 3.44. The third kappa shape index (κ3) is 4.05. The molecule has 11 heavy (non-hydrogen) atoms. The molecule has 0 aliphatic heterocycles. The van der Waals surface area contributed by atoms with Crippen molar-refractivity contribution in [2.45, 2.75) is 19.3 Å². The summed E-state index contributed by atoms with van der Waals surface area (Å²) in [5.74, 6) is 3.03. The lowest BCUT2D eigenvalue weighted by Crippen LogP contribution is -2.22. The maximum atomic E-state index is 10.7. The van der Waals surface area contributed by atoms with Crippen molar-refractivity contribution in [3.8, 4) is 10.8 Å². The molecule has 0 unspecified atom stereocenters. The quantitative estimate of drug-likeness (QED) is 0.707. The van der Waals surface area contributed by atoms with Gasteiger partial charge in [-0.1, -0.05) is 12.8 Å². The fourth-order valence-electron chi connectivity index (χ4n) is 0.883. The van der Waals surface area contributed by atoms with Gasteiger partial charge in [-0.25, -0.2) is 0 Å². The van der Waals surface area contributed by atoms with E-state index in [2.05, 4.69) is 32.0 Å². The van der Waals surface area contributed by atoms with Gasteiger partial charge < -0.3 is 5.32 Å². The van der Waals surface area contributed by atoms with Crippen molar-refractivity contribution < 1.29 is 4.79 Å². The average molecular weight is 216 g/mol. The van der Waals surface area contributed by atoms with E-state index in [-0.39, 0.29) is 5.91 Å². The van der Waals surface area contributed by atoms with Crippen molar-refractivity contribution in [1.29, 1.82) is 0 Å². The molecular formula is C8H10BrNO. The summed E-state index contributed by atoms with van der Waals surface area (Å²) in [6, 6.07) is 0. The van der Waals surface area contributed by atoms with E-state index >= 15 is 0 Å². The Morgan fingerprint density at radius 1 is 1.64 bits per heavy atom. The van der Waals surface area contributed by atoms with E-state index in [1.807, 2.05) is 0 Å². The molecule has 1 fully saturated rings. The molecule has 3 heteroatoms. The molecule has 1 N–H and O–H groups in total. The normalized spacial score (nSPS) is 15.0. The molecule has 1 aliphatic carbocycles. The van der Waals surface area contributed by atoms with Crippen LogP contribution in [0.15, 0.2) is 0 Å². The van der Waals surface area contributed by atoms with Crippen molar-refractivity contribution in [3.05, 3.63) is 0 Å². The van der Waals surface area contributed by atoms with Gasteiger partial charge in [-0.2, -0.15) is 0 Å². The summed E-state index contributed by atoms with van der Waals surface area (Å²) in [5.41, 5.74) is 0. The number of halogens is 1. The lowest BCUT2D eigenvalue weighted by atomic mass is 10.3. The van der Waals surface area contributed by atoms with E-state index in [0.29, 0.717) is 0 Å². The van der Waals surface area contributed by atoms with Gasteiger partial charge >= 0.3 is 0 Å². The third-order valence-electron chi connectivity index (χ3n) is 1.70. The van der Waals surface area contributed by atoms with Crippen LogP contribution in [0.25, 0.3) is 0 Å². The summed E-state index contributed by atoms with van der Waals surface area (Å²) in [4.78, 5) is 13.1. The van der Waals surface area contributed by atoms with Gasteiger partial charge in [0.25, 0.3) is 5.91 Å². The van der Waals surface area contributed by atoms with Crippen LogP contribution < -0.4 is 5.32 Å². The Labute approximate surface area is 74.9 Å². The van der Waals surface area contributed by atoms with Crippen LogP contribution in [0.1, 0.15) is 19.3 Å². The number of rotatable bonds is 3. The van der Waals surface area contributed by atoms with E-state index in [9.17, 15) is 4.79 Å². The highest BCUT2D eigenvalue weighted by molar-refractivity contribution is 9.12. The SMILES string of the molecule is O=C(C#CBr)NCCC1CC1. The lowest BCUT2D eigenvalue weighted by molar-refractivity contribution is -0.115. The lowest BCUT2D eigenvalue weighted by Gasteiger charge is -1.97. The minimum absolute atomic E-state index is 0.192. The van der Waals surface area contributed by atoms with Crippen molar-refractivity contribution >= 4 is 21.8 Å². The van der Waals surface area contributed by atoms with Crippen molar-refractivity contribution in [2.24, 2.45) is 5.92 Å². The number of hydrogen-bond acceptors (Lipinski definition) is 1. The van der Waals surface area contributed by atoms with Crippen molar-refractivity contribution in [3.63, 3.8) is 0 Å². The molecule has 0 spiro atoms. The van der Waals surface area contributed by atoms with Gasteiger partial charge in [0, 0.05) is 28.4 Å². The average Bonchev–Trinajstić information content (AvgIpc) is 2.72. The molecule has 0 bridgehead atoms. The Bertz CT molecular complexity index is 200. The van der Waals surface area contributed by atoms with Gasteiger partial charge in [-0.15, -0.1) is 0 Å². The highest BCUT2D eigenvalue weighted by Crippen LogP contribution is 2.31. The van der Waals surface area contributed by atoms with Crippen LogP contribution in [-0.2, 0) is 4.79 Å². The number of amides is 1. The molecule has 0 aromatic heterocycles. The predicted molar refractivity (Wildman–Crippen MR) is 47.1 cm³/mol. The highest BCUT2D eigenvalue weighted by Gasteiger charge is 2.20. The maximum absolute atomic E-state index is 10.7. The van der Waals surface area contributed by atoms with Gasteiger partial charge in [0.2, 0.25) is 0 Å². The monoisotopic (exact) mass is 215 g/mol. The zero-order valence-electron chi connectivity index (χ0n) is 6.19. The summed E-state index contributed by atoms with van der Waals surface area (Å²) in [7, 11) is 0. The predicted octanol–water partition coefficient (Wildman–Crippen LogP) is 1.26. The fraction of sp³-hybridized carbons (Fsp3) is 0.625. The zero-order valence-corrected chi connectivity index (χ0v) is 7.78. The van der Waals surface area contributed by atoms with Crippen LogP contribution in [0.4, 0.5) is 0 Å². The molecule has 0 saturated heterocycles. The number of carbonyl (C=O) groups is 1. The number of carbonyl (C=O) groups excluding carboxylic acids is 1. The van der Waals surface area contributed by atoms with Gasteiger partial charge in [-0.3, -0.25) is 4.79 Å². The smallest absolute Gasteiger partial charge is 0.296 e. The molecule has 1 saturated carbocycles. The standard InChI is InChI=1S/C8H10BrNO/c9-5-3-8(11)10-6-4-7-1-2-7/h7H,1-2,4,6H2,(H,10,11). The fourth-order valence-corrected chi connectivity index (χ4v) is 1.06. The first kappa shape index (κ1) is 8.61. The first-order valence-electron chi connectivity index (χ1n) is 3.72. The van der Waals surface area contributed by atoms with E-state index in [1.54, 1.807) is 0 Å². The molecule has 2 nitrogen and oxygen atoms in total. The molecule has 0 heterocycles. The van der Waals surface area contributed by atoms with E-state index in [4.69, 9.17) is 0 Å². The maximum Gasteiger partial charge on any atom is 0.296 e. The molecule has 0 aromatic carbocycles. The van der Waals surface area contributed by atoms with Gasteiger partial charge in [0.05, 0.1) is 0 Å². The largest absolute Gasteiger partial charge is 0.345 e. The minimum Gasteiger partial charge on any atom is -0.345 e. The number of nitrogens with one attached hydrogen (secondary N) is 1. The van der Waals surface area contributed by atoms with Crippen LogP contribution in [0.3, 0.4) is 0 Å². The molecular weight excluding hydrogens is 206 g/mol. The molecule has 0 aromatic rings. The van der Waals surface area contributed by atoms with Gasteiger partial charge in [0.1, 0.15) is 0 Å². The molecule has 0 radical (unpaired) electrons. The topological polar surface area (TPSA) is 29.1 Å². The highest BCUT2D eigenvalue weighted by atomic mass is 79.9. The zero-order chi connectivity index (χ0) is 8.10. The minimum atomic E-state index is -0.192. The molecule has 1 rings (SSSR count). The van der Waals surface area contributed by atoms with Crippen LogP contribution in [0.5, 0.6) is 0 Å². The van der Waals surface area contributed by atoms with E-state index in [0.717, 1.165) is 18.9 Å². The van der Waals surface area contributed by atoms with Crippen LogP contribution >= 0.6 is 15.9 Å². The first-order chi connectivity index (χ1) is 5.33. The summed E-state index contributed by atoms with van der Waals surface area (Å²) >= 11 is 2.86.